The third kappa shape index (κ3) is 3.16. The van der Waals surface area contributed by atoms with E-state index < -0.39 is 5.97 Å². The summed E-state index contributed by atoms with van der Waals surface area (Å²) in [5.74, 6) is -1.26. The summed E-state index contributed by atoms with van der Waals surface area (Å²) in [6.07, 6.45) is 1.32. The van der Waals surface area contributed by atoms with E-state index in [1.54, 1.807) is 5.38 Å². The van der Waals surface area contributed by atoms with Gasteiger partial charge in [0, 0.05) is 11.9 Å². The molecule has 8 heteroatoms. The van der Waals surface area contributed by atoms with Gasteiger partial charge in [0.25, 0.3) is 5.91 Å². The number of hydrogen-bond acceptors (Lipinski definition) is 5. The molecule has 0 aliphatic carbocycles. The number of aryl methyl sites for hydroxylation is 1. The first-order chi connectivity index (χ1) is 9.08. The highest BCUT2D eigenvalue weighted by atomic mass is 32.1. The number of carbonyl (C=O) groups excluding carboxylic acids is 1. The second-order valence-electron chi connectivity index (χ2n) is 3.90. The van der Waals surface area contributed by atoms with Crippen LogP contribution in [0, 0.1) is 6.92 Å². The Balaban J connectivity index is 1.85. The fraction of sp³-hybridized carbons (Fsp3) is 0.273. The van der Waals surface area contributed by atoms with Crippen molar-refractivity contribution in [2.75, 3.05) is 6.54 Å². The lowest BCUT2D eigenvalue weighted by atomic mass is 10.2. The monoisotopic (exact) mass is 280 g/mol. The lowest BCUT2D eigenvalue weighted by Crippen LogP contribution is -2.27. The molecule has 19 heavy (non-hydrogen) atoms. The minimum atomic E-state index is -1.12. The number of carboxylic acid groups (broad SMARTS) is 1. The lowest BCUT2D eigenvalue weighted by Gasteiger charge is -2.04. The minimum absolute atomic E-state index is 0.111. The van der Waals surface area contributed by atoms with Crippen LogP contribution < -0.4 is 5.32 Å². The number of thiophene rings is 1. The van der Waals surface area contributed by atoms with Gasteiger partial charge >= 0.3 is 5.97 Å². The van der Waals surface area contributed by atoms with E-state index in [2.05, 4.69) is 15.6 Å². The van der Waals surface area contributed by atoms with Crippen LogP contribution in [0.15, 0.2) is 17.0 Å². The molecule has 0 unspecified atom stereocenters. The molecule has 0 bridgehead atoms. The number of hydrogen-bond donors (Lipinski definition) is 2. The van der Waals surface area contributed by atoms with Crippen LogP contribution in [0.25, 0.3) is 0 Å². The van der Waals surface area contributed by atoms with E-state index in [-0.39, 0.29) is 11.6 Å². The fourth-order valence-corrected chi connectivity index (χ4v) is 2.31. The van der Waals surface area contributed by atoms with E-state index in [0.29, 0.717) is 18.7 Å². The van der Waals surface area contributed by atoms with Gasteiger partial charge in [0.2, 0.25) is 0 Å². The van der Waals surface area contributed by atoms with Crippen LogP contribution in [-0.2, 0) is 6.54 Å². The normalized spacial score (nSPS) is 10.4. The summed E-state index contributed by atoms with van der Waals surface area (Å²) in [4.78, 5) is 22.4. The molecule has 0 aliphatic heterocycles. The number of amides is 1. The number of aromatic nitrogens is 3. The van der Waals surface area contributed by atoms with Crippen molar-refractivity contribution in [2.24, 2.45) is 0 Å². The van der Waals surface area contributed by atoms with Crippen molar-refractivity contribution >= 4 is 23.2 Å². The van der Waals surface area contributed by atoms with Crippen molar-refractivity contribution in [3.63, 3.8) is 0 Å². The van der Waals surface area contributed by atoms with Crippen LogP contribution >= 0.6 is 11.3 Å². The van der Waals surface area contributed by atoms with E-state index in [1.165, 1.54) is 22.2 Å². The highest BCUT2D eigenvalue weighted by molar-refractivity contribution is 7.08. The van der Waals surface area contributed by atoms with Crippen LogP contribution in [0.3, 0.4) is 0 Å². The van der Waals surface area contributed by atoms with Crippen molar-refractivity contribution in [2.45, 2.75) is 13.5 Å². The van der Waals surface area contributed by atoms with E-state index in [9.17, 15) is 9.59 Å². The molecule has 2 N–H and O–H groups in total. The number of nitrogens with one attached hydrogen (secondary N) is 1. The number of nitrogens with zero attached hydrogens (tertiary/aromatic N) is 3. The van der Waals surface area contributed by atoms with E-state index in [4.69, 9.17) is 5.11 Å². The molecule has 0 saturated carbocycles. The second-order valence-corrected chi connectivity index (χ2v) is 4.64. The Morgan fingerprint density at radius 3 is 2.84 bits per heavy atom. The van der Waals surface area contributed by atoms with Gasteiger partial charge in [-0.15, -0.1) is 5.10 Å². The quantitative estimate of drug-likeness (QED) is 0.843. The highest BCUT2D eigenvalue weighted by Gasteiger charge is 2.10. The van der Waals surface area contributed by atoms with Crippen molar-refractivity contribution in [1.29, 1.82) is 0 Å². The Morgan fingerprint density at radius 2 is 2.26 bits per heavy atom. The number of carbonyl (C=O) groups is 2. The average molecular weight is 280 g/mol. The summed E-state index contributed by atoms with van der Waals surface area (Å²) in [6, 6.07) is 0. The second kappa shape index (κ2) is 5.61. The molecule has 2 aromatic rings. The van der Waals surface area contributed by atoms with Gasteiger partial charge in [-0.25, -0.2) is 9.48 Å². The predicted octanol–water partition coefficient (Wildman–Crippen LogP) is 0.776. The summed E-state index contributed by atoms with van der Waals surface area (Å²) in [5.41, 5.74) is 1.49. The van der Waals surface area contributed by atoms with Crippen LogP contribution in [-0.4, -0.2) is 38.5 Å². The molecule has 0 aliphatic rings. The van der Waals surface area contributed by atoms with E-state index in [0.717, 1.165) is 5.56 Å². The first kappa shape index (κ1) is 13.2. The predicted molar refractivity (Wildman–Crippen MR) is 68.4 cm³/mol. The molecule has 0 aromatic carbocycles. The molecule has 100 valence electrons. The van der Waals surface area contributed by atoms with Gasteiger partial charge in [0.1, 0.15) is 0 Å². The molecule has 1 amide bonds. The summed E-state index contributed by atoms with van der Waals surface area (Å²) in [5, 5.41) is 22.3. The molecule has 0 radical (unpaired) electrons. The van der Waals surface area contributed by atoms with Crippen LogP contribution in [0.2, 0.25) is 0 Å². The number of carboxylic acids is 1. The van der Waals surface area contributed by atoms with Gasteiger partial charge in [-0.1, -0.05) is 5.21 Å². The topological polar surface area (TPSA) is 97.1 Å². The first-order valence-electron chi connectivity index (χ1n) is 5.52. The van der Waals surface area contributed by atoms with Crippen molar-refractivity contribution in [3.05, 3.63) is 33.8 Å². The first-order valence-corrected chi connectivity index (χ1v) is 6.46. The summed E-state index contributed by atoms with van der Waals surface area (Å²) in [7, 11) is 0. The lowest BCUT2D eigenvalue weighted by molar-refractivity contribution is 0.0690. The van der Waals surface area contributed by atoms with E-state index >= 15 is 0 Å². The largest absolute Gasteiger partial charge is 0.476 e. The average Bonchev–Trinajstić information content (AvgIpc) is 2.97. The molecule has 7 nitrogen and oxygen atoms in total. The molecular weight excluding hydrogens is 268 g/mol. The van der Waals surface area contributed by atoms with Crippen LogP contribution in [0.4, 0.5) is 0 Å². The van der Waals surface area contributed by atoms with Crippen molar-refractivity contribution < 1.29 is 14.7 Å². The molecular formula is C11H12N4O3S. The Morgan fingerprint density at radius 1 is 1.47 bits per heavy atom. The summed E-state index contributed by atoms with van der Waals surface area (Å²) in [6.45, 7) is 2.60. The Kier molecular flexibility index (Phi) is 3.91. The molecule has 0 fully saturated rings. The van der Waals surface area contributed by atoms with Crippen LogP contribution in [0.5, 0.6) is 0 Å². The maximum Gasteiger partial charge on any atom is 0.358 e. The van der Waals surface area contributed by atoms with Gasteiger partial charge < -0.3 is 10.4 Å². The zero-order chi connectivity index (χ0) is 13.8. The molecule has 0 spiro atoms. The van der Waals surface area contributed by atoms with Gasteiger partial charge in [-0.2, -0.15) is 11.3 Å². The van der Waals surface area contributed by atoms with Gasteiger partial charge in [-0.3, -0.25) is 4.79 Å². The molecule has 2 heterocycles. The van der Waals surface area contributed by atoms with Crippen molar-refractivity contribution in [1.82, 2.24) is 20.3 Å². The minimum Gasteiger partial charge on any atom is -0.476 e. The molecule has 2 rings (SSSR count). The van der Waals surface area contributed by atoms with Gasteiger partial charge in [-0.05, 0) is 17.9 Å². The zero-order valence-electron chi connectivity index (χ0n) is 10.2. The number of rotatable bonds is 5. The Bertz CT molecular complexity index is 605. The molecule has 2 aromatic heterocycles. The summed E-state index contributed by atoms with van der Waals surface area (Å²) >= 11 is 1.48. The maximum atomic E-state index is 11.8. The Labute approximate surface area is 112 Å². The van der Waals surface area contributed by atoms with Gasteiger partial charge in [0.05, 0.1) is 18.3 Å². The highest BCUT2D eigenvalue weighted by Crippen LogP contribution is 2.12. The van der Waals surface area contributed by atoms with Crippen molar-refractivity contribution in [3.8, 4) is 0 Å². The zero-order valence-corrected chi connectivity index (χ0v) is 11.0. The SMILES string of the molecule is Cc1cscc1C(=O)NCCn1cc(C(=O)O)nn1. The van der Waals surface area contributed by atoms with Crippen LogP contribution in [0.1, 0.15) is 26.4 Å². The molecule has 0 atom stereocenters. The fourth-order valence-electron chi connectivity index (χ4n) is 1.48. The Hall–Kier alpha value is -2.22. The standard InChI is InChI=1S/C11H12N4O3S/c1-7-5-19-6-8(7)10(16)12-2-3-15-4-9(11(17)18)13-14-15/h4-6H,2-3H2,1H3,(H,12,16)(H,17,18). The smallest absolute Gasteiger partial charge is 0.358 e. The number of aromatic carboxylic acids is 1. The maximum absolute atomic E-state index is 11.8. The van der Waals surface area contributed by atoms with E-state index in [1.807, 2.05) is 12.3 Å². The molecule has 0 saturated heterocycles. The summed E-state index contributed by atoms with van der Waals surface area (Å²) < 4.78 is 1.38. The van der Waals surface area contributed by atoms with Gasteiger partial charge in [0.15, 0.2) is 5.69 Å². The third-order valence-corrected chi connectivity index (χ3v) is 3.35. The third-order valence-electron chi connectivity index (χ3n) is 2.48.